The summed E-state index contributed by atoms with van der Waals surface area (Å²) in [6.07, 6.45) is 0. The van der Waals surface area contributed by atoms with Gasteiger partial charge in [-0.1, -0.05) is 39.8 Å². The van der Waals surface area contributed by atoms with E-state index >= 15 is 0 Å². The van der Waals surface area contributed by atoms with Gasteiger partial charge in [0, 0.05) is 6.04 Å². The van der Waals surface area contributed by atoms with Crippen molar-refractivity contribution >= 4 is 5.91 Å². The number of amides is 1. The SMILES string of the molecule is Cc1cccc(OCC(=O)NC(C(C)C)C(C)C)c1C. The number of benzene rings is 1. The molecule has 1 aromatic rings. The molecule has 112 valence electrons. The molecule has 1 amide bonds. The Kier molecular flexibility index (Phi) is 6.05. The minimum atomic E-state index is -0.0571. The van der Waals surface area contributed by atoms with E-state index in [1.165, 1.54) is 5.56 Å². The van der Waals surface area contributed by atoms with Crippen LogP contribution in [0.3, 0.4) is 0 Å². The lowest BCUT2D eigenvalue weighted by Gasteiger charge is -2.26. The number of hydrogen-bond acceptors (Lipinski definition) is 2. The highest BCUT2D eigenvalue weighted by molar-refractivity contribution is 5.78. The smallest absolute Gasteiger partial charge is 0.258 e. The summed E-state index contributed by atoms with van der Waals surface area (Å²) in [6, 6.07) is 6.07. The Morgan fingerprint density at radius 2 is 1.75 bits per heavy atom. The number of rotatable bonds is 6. The third-order valence-corrected chi connectivity index (χ3v) is 3.68. The van der Waals surface area contributed by atoms with E-state index in [-0.39, 0.29) is 18.6 Å². The fraction of sp³-hybridized carbons (Fsp3) is 0.588. The molecule has 3 nitrogen and oxygen atoms in total. The molecular formula is C17H27NO2. The highest BCUT2D eigenvalue weighted by atomic mass is 16.5. The van der Waals surface area contributed by atoms with Crippen molar-refractivity contribution in [2.24, 2.45) is 11.8 Å². The molecule has 0 radical (unpaired) electrons. The second kappa shape index (κ2) is 7.32. The van der Waals surface area contributed by atoms with Gasteiger partial charge in [-0.05, 0) is 42.9 Å². The lowest BCUT2D eigenvalue weighted by molar-refractivity contribution is -0.124. The Balaban J connectivity index is 2.57. The molecule has 0 atom stereocenters. The fourth-order valence-electron chi connectivity index (χ4n) is 2.35. The lowest BCUT2D eigenvalue weighted by Crippen LogP contribution is -2.44. The first kappa shape index (κ1) is 16.5. The lowest BCUT2D eigenvalue weighted by atomic mass is 9.93. The average molecular weight is 277 g/mol. The summed E-state index contributed by atoms with van der Waals surface area (Å²) in [4.78, 5) is 12.0. The summed E-state index contributed by atoms with van der Waals surface area (Å²) < 4.78 is 5.63. The van der Waals surface area contributed by atoms with E-state index in [4.69, 9.17) is 4.74 Å². The highest BCUT2D eigenvalue weighted by Gasteiger charge is 2.19. The van der Waals surface area contributed by atoms with E-state index in [9.17, 15) is 4.79 Å². The number of aryl methyl sites for hydroxylation is 1. The molecular weight excluding hydrogens is 250 g/mol. The fourth-order valence-corrected chi connectivity index (χ4v) is 2.35. The molecule has 0 fully saturated rings. The maximum Gasteiger partial charge on any atom is 0.258 e. The molecule has 0 aromatic heterocycles. The minimum absolute atomic E-state index is 0.0571. The summed E-state index contributed by atoms with van der Waals surface area (Å²) in [6.45, 7) is 12.6. The van der Waals surface area contributed by atoms with Gasteiger partial charge in [-0.25, -0.2) is 0 Å². The molecule has 1 N–H and O–H groups in total. The molecule has 0 saturated carbocycles. The normalized spacial score (nSPS) is 11.2. The number of carbonyl (C=O) groups excluding carboxylic acids is 1. The monoisotopic (exact) mass is 277 g/mol. The standard InChI is InChI=1S/C17H27NO2/c1-11(2)17(12(3)4)18-16(19)10-20-15-9-7-8-13(5)14(15)6/h7-9,11-12,17H,10H2,1-6H3,(H,18,19). The third-order valence-electron chi connectivity index (χ3n) is 3.68. The Morgan fingerprint density at radius 1 is 1.15 bits per heavy atom. The van der Waals surface area contributed by atoms with Crippen molar-refractivity contribution in [1.82, 2.24) is 5.32 Å². The van der Waals surface area contributed by atoms with Crippen LogP contribution in [0.2, 0.25) is 0 Å². The summed E-state index contributed by atoms with van der Waals surface area (Å²) in [7, 11) is 0. The zero-order valence-corrected chi connectivity index (χ0v) is 13.5. The van der Waals surface area contributed by atoms with E-state index in [1.807, 2.05) is 32.0 Å². The van der Waals surface area contributed by atoms with Crippen LogP contribution in [-0.2, 0) is 4.79 Å². The van der Waals surface area contributed by atoms with E-state index in [1.54, 1.807) is 0 Å². The Hall–Kier alpha value is -1.51. The Morgan fingerprint density at radius 3 is 2.30 bits per heavy atom. The largest absolute Gasteiger partial charge is 0.483 e. The zero-order chi connectivity index (χ0) is 15.3. The van der Waals surface area contributed by atoms with Crippen molar-refractivity contribution < 1.29 is 9.53 Å². The van der Waals surface area contributed by atoms with Crippen LogP contribution >= 0.6 is 0 Å². The molecule has 0 bridgehead atoms. The predicted molar refractivity (Wildman–Crippen MR) is 83.0 cm³/mol. The Bertz CT molecular complexity index is 444. The van der Waals surface area contributed by atoms with Gasteiger partial charge in [0.1, 0.15) is 5.75 Å². The van der Waals surface area contributed by atoms with Gasteiger partial charge in [0.05, 0.1) is 0 Å². The van der Waals surface area contributed by atoms with Gasteiger partial charge in [-0.2, -0.15) is 0 Å². The predicted octanol–water partition coefficient (Wildman–Crippen LogP) is 3.48. The van der Waals surface area contributed by atoms with Gasteiger partial charge in [-0.15, -0.1) is 0 Å². The van der Waals surface area contributed by atoms with Crippen molar-refractivity contribution in [1.29, 1.82) is 0 Å². The van der Waals surface area contributed by atoms with Crippen LogP contribution in [0.1, 0.15) is 38.8 Å². The van der Waals surface area contributed by atoms with Crippen LogP contribution in [0.4, 0.5) is 0 Å². The number of ether oxygens (including phenoxy) is 1. The van der Waals surface area contributed by atoms with Crippen molar-refractivity contribution in [2.45, 2.75) is 47.6 Å². The first-order valence-corrected chi connectivity index (χ1v) is 7.31. The van der Waals surface area contributed by atoms with E-state index in [0.717, 1.165) is 11.3 Å². The van der Waals surface area contributed by atoms with Gasteiger partial charge in [0.25, 0.3) is 5.91 Å². The van der Waals surface area contributed by atoms with Crippen LogP contribution < -0.4 is 10.1 Å². The molecule has 1 aromatic carbocycles. The molecule has 20 heavy (non-hydrogen) atoms. The van der Waals surface area contributed by atoms with Crippen LogP contribution in [0, 0.1) is 25.7 Å². The summed E-state index contributed by atoms with van der Waals surface area (Å²) in [5, 5.41) is 3.06. The number of carbonyl (C=O) groups is 1. The summed E-state index contributed by atoms with van der Waals surface area (Å²) in [5.74, 6) is 1.56. The molecule has 1 rings (SSSR count). The number of nitrogens with one attached hydrogen (secondary N) is 1. The van der Waals surface area contributed by atoms with Crippen molar-refractivity contribution in [3.8, 4) is 5.75 Å². The zero-order valence-electron chi connectivity index (χ0n) is 13.5. The molecule has 0 unspecified atom stereocenters. The van der Waals surface area contributed by atoms with Gasteiger partial charge >= 0.3 is 0 Å². The topological polar surface area (TPSA) is 38.3 Å². The third kappa shape index (κ3) is 4.55. The average Bonchev–Trinajstić information content (AvgIpc) is 2.37. The first-order valence-electron chi connectivity index (χ1n) is 7.31. The Labute approximate surface area is 122 Å². The van der Waals surface area contributed by atoms with Gasteiger partial charge in [0.2, 0.25) is 0 Å². The summed E-state index contributed by atoms with van der Waals surface area (Å²) in [5.41, 5.74) is 2.26. The number of hydrogen-bond donors (Lipinski definition) is 1. The van der Waals surface area contributed by atoms with Crippen LogP contribution in [-0.4, -0.2) is 18.6 Å². The van der Waals surface area contributed by atoms with Crippen molar-refractivity contribution in [2.75, 3.05) is 6.61 Å². The minimum Gasteiger partial charge on any atom is -0.483 e. The van der Waals surface area contributed by atoms with Crippen LogP contribution in [0.5, 0.6) is 5.75 Å². The molecule has 0 saturated heterocycles. The highest BCUT2D eigenvalue weighted by Crippen LogP contribution is 2.20. The molecule has 0 spiro atoms. The van der Waals surface area contributed by atoms with Gasteiger partial charge in [-0.3, -0.25) is 4.79 Å². The van der Waals surface area contributed by atoms with Crippen LogP contribution in [0.25, 0.3) is 0 Å². The van der Waals surface area contributed by atoms with E-state index < -0.39 is 0 Å². The maximum atomic E-state index is 12.0. The van der Waals surface area contributed by atoms with Gasteiger partial charge < -0.3 is 10.1 Å². The molecule has 0 aliphatic rings. The second-order valence-corrected chi connectivity index (χ2v) is 6.07. The van der Waals surface area contributed by atoms with Crippen molar-refractivity contribution in [3.05, 3.63) is 29.3 Å². The maximum absolute atomic E-state index is 12.0. The first-order chi connectivity index (χ1) is 9.32. The molecule has 0 heterocycles. The molecule has 0 aliphatic heterocycles. The molecule has 0 aliphatic carbocycles. The molecule has 3 heteroatoms. The van der Waals surface area contributed by atoms with Crippen molar-refractivity contribution in [3.63, 3.8) is 0 Å². The van der Waals surface area contributed by atoms with E-state index in [2.05, 4.69) is 33.0 Å². The van der Waals surface area contributed by atoms with E-state index in [0.29, 0.717) is 11.8 Å². The summed E-state index contributed by atoms with van der Waals surface area (Å²) >= 11 is 0. The quantitative estimate of drug-likeness (QED) is 0.864. The van der Waals surface area contributed by atoms with Gasteiger partial charge in [0.15, 0.2) is 6.61 Å². The van der Waals surface area contributed by atoms with Crippen LogP contribution in [0.15, 0.2) is 18.2 Å². The second-order valence-electron chi connectivity index (χ2n) is 6.07.